The van der Waals surface area contributed by atoms with Crippen LogP contribution < -0.4 is 10.2 Å². The molecule has 0 unspecified atom stereocenters. The van der Waals surface area contributed by atoms with Crippen LogP contribution in [0.15, 0.2) is 83.4 Å². The van der Waals surface area contributed by atoms with E-state index in [1.165, 1.54) is 29.2 Å². The third-order valence-electron chi connectivity index (χ3n) is 5.03. The summed E-state index contributed by atoms with van der Waals surface area (Å²) in [5.41, 5.74) is 1.30. The molecule has 3 aromatic carbocycles. The lowest BCUT2D eigenvalue weighted by Crippen LogP contribution is -2.30. The third kappa shape index (κ3) is 5.10. The number of carbonyl (C=O) groups excluding carboxylic acids is 2. The van der Waals surface area contributed by atoms with Gasteiger partial charge < -0.3 is 5.32 Å². The zero-order valence-corrected chi connectivity index (χ0v) is 19.8. The molecule has 170 valence electrons. The van der Waals surface area contributed by atoms with Gasteiger partial charge in [-0.25, -0.2) is 4.39 Å². The van der Waals surface area contributed by atoms with Gasteiger partial charge in [-0.2, -0.15) is 5.26 Å². The van der Waals surface area contributed by atoms with Crippen LogP contribution in [0.5, 0.6) is 0 Å². The molecule has 1 fully saturated rings. The molecule has 0 saturated carbocycles. The van der Waals surface area contributed by atoms with E-state index in [4.69, 9.17) is 23.2 Å². The Balaban J connectivity index is 1.72. The van der Waals surface area contributed by atoms with Crippen molar-refractivity contribution in [3.05, 3.63) is 105 Å². The van der Waals surface area contributed by atoms with Crippen LogP contribution in [-0.2, 0) is 16.0 Å². The fraction of sp³-hybridized carbons (Fsp3) is 0.0800. The van der Waals surface area contributed by atoms with Crippen LogP contribution in [0, 0.1) is 17.1 Å². The minimum atomic E-state index is -0.717. The molecule has 34 heavy (non-hydrogen) atoms. The summed E-state index contributed by atoms with van der Waals surface area (Å²) in [4.78, 5) is 27.9. The Bertz CT molecular complexity index is 1320. The lowest BCUT2D eigenvalue weighted by atomic mass is 10.1. The first-order valence-electron chi connectivity index (χ1n) is 10.1. The Morgan fingerprint density at radius 3 is 2.47 bits per heavy atom. The highest BCUT2D eigenvalue weighted by Gasteiger charge is 2.40. The summed E-state index contributed by atoms with van der Waals surface area (Å²) < 4.78 is 13.3. The Labute approximate surface area is 209 Å². The highest BCUT2D eigenvalue weighted by atomic mass is 35.5. The predicted molar refractivity (Wildman–Crippen MR) is 133 cm³/mol. The van der Waals surface area contributed by atoms with Crippen LogP contribution in [0.3, 0.4) is 0 Å². The van der Waals surface area contributed by atoms with Crippen molar-refractivity contribution in [1.29, 1.82) is 5.26 Å². The van der Waals surface area contributed by atoms with E-state index in [-0.39, 0.29) is 33.0 Å². The van der Waals surface area contributed by atoms with Gasteiger partial charge in [0.15, 0.2) is 0 Å². The molecule has 5 nitrogen and oxygen atoms in total. The van der Waals surface area contributed by atoms with Crippen molar-refractivity contribution >= 4 is 58.2 Å². The summed E-state index contributed by atoms with van der Waals surface area (Å²) in [6.45, 7) is 0. The summed E-state index contributed by atoms with van der Waals surface area (Å²) in [6.07, 6.45) is 0.303. The lowest BCUT2D eigenvalue weighted by Gasteiger charge is -2.18. The summed E-state index contributed by atoms with van der Waals surface area (Å²) in [7, 11) is 0. The number of hydrogen-bond donors (Lipinski definition) is 1. The molecule has 0 aromatic heterocycles. The average molecular weight is 512 g/mol. The van der Waals surface area contributed by atoms with Crippen molar-refractivity contribution in [1.82, 2.24) is 0 Å². The van der Waals surface area contributed by atoms with Crippen LogP contribution in [0.4, 0.5) is 15.8 Å². The van der Waals surface area contributed by atoms with Gasteiger partial charge >= 0.3 is 0 Å². The zero-order valence-electron chi connectivity index (χ0n) is 17.5. The van der Waals surface area contributed by atoms with E-state index in [0.717, 1.165) is 17.3 Å². The van der Waals surface area contributed by atoms with E-state index in [1.54, 1.807) is 48.5 Å². The lowest BCUT2D eigenvalue weighted by molar-refractivity contribution is -0.117. The summed E-state index contributed by atoms with van der Waals surface area (Å²) in [6, 6.07) is 21.2. The van der Waals surface area contributed by atoms with Crippen molar-refractivity contribution in [2.24, 2.45) is 0 Å². The molecule has 1 heterocycles. The summed E-state index contributed by atoms with van der Waals surface area (Å²) in [5, 5.41) is 12.7. The van der Waals surface area contributed by atoms with Gasteiger partial charge in [-0.15, -0.1) is 0 Å². The predicted octanol–water partition coefficient (Wildman–Crippen LogP) is 6.20. The van der Waals surface area contributed by atoms with Gasteiger partial charge in [0.2, 0.25) is 5.91 Å². The molecule has 0 spiro atoms. The summed E-state index contributed by atoms with van der Waals surface area (Å²) >= 11 is 13.3. The number of benzene rings is 3. The van der Waals surface area contributed by atoms with Crippen LogP contribution >= 0.6 is 35.0 Å². The number of nitrogens with one attached hydrogen (secondary N) is 1. The van der Waals surface area contributed by atoms with Crippen molar-refractivity contribution in [3.8, 4) is 6.07 Å². The van der Waals surface area contributed by atoms with Crippen molar-refractivity contribution in [3.63, 3.8) is 0 Å². The first-order chi connectivity index (χ1) is 16.4. The van der Waals surface area contributed by atoms with Crippen LogP contribution in [0.2, 0.25) is 10.0 Å². The molecule has 2 amide bonds. The molecular weight excluding hydrogens is 496 g/mol. The van der Waals surface area contributed by atoms with Crippen LogP contribution in [0.1, 0.15) is 5.56 Å². The minimum Gasteiger partial charge on any atom is -0.320 e. The van der Waals surface area contributed by atoms with Crippen molar-refractivity contribution in [2.75, 3.05) is 10.2 Å². The number of anilines is 2. The molecule has 1 aliphatic heterocycles. The van der Waals surface area contributed by atoms with Crippen molar-refractivity contribution < 1.29 is 14.0 Å². The molecule has 0 bridgehead atoms. The Kier molecular flexibility index (Phi) is 7.23. The quantitative estimate of drug-likeness (QED) is 0.327. The van der Waals surface area contributed by atoms with Gasteiger partial charge in [0.25, 0.3) is 5.91 Å². The Morgan fingerprint density at radius 1 is 1.09 bits per heavy atom. The van der Waals surface area contributed by atoms with E-state index in [1.807, 2.05) is 6.07 Å². The van der Waals surface area contributed by atoms with E-state index >= 15 is 0 Å². The van der Waals surface area contributed by atoms with E-state index in [2.05, 4.69) is 5.32 Å². The van der Waals surface area contributed by atoms with Gasteiger partial charge in [-0.05, 0) is 54.4 Å². The van der Waals surface area contributed by atoms with Crippen LogP contribution in [0.25, 0.3) is 0 Å². The molecule has 9 heteroatoms. The molecule has 1 N–H and O–H groups in total. The third-order valence-corrected chi connectivity index (χ3v) is 6.86. The molecular formula is C25H16Cl2FN3O2S. The largest absolute Gasteiger partial charge is 0.320 e. The fourth-order valence-corrected chi connectivity index (χ4v) is 5.06. The second-order valence-corrected chi connectivity index (χ2v) is 9.35. The van der Waals surface area contributed by atoms with Gasteiger partial charge in [0.05, 0.1) is 16.0 Å². The molecule has 0 radical (unpaired) electrons. The SMILES string of the molecule is N#C/C(C(=O)Nc1cc(Cl)ccc1Cl)=C1\S[C@H](Cc2ccc(F)cc2)C(=O)N1c1ccccc1. The molecule has 3 aromatic rings. The standard InChI is InChI=1S/C25H16Cl2FN3O2S/c26-16-8-11-20(27)21(13-16)30-23(32)19(14-29)25-31(18-4-2-1-3-5-18)24(33)22(34-25)12-15-6-9-17(28)10-7-15/h1-11,13,22H,12H2,(H,30,32)/b25-19+/t22-/m1/s1. The molecule has 1 atom stereocenters. The Morgan fingerprint density at radius 2 is 1.79 bits per heavy atom. The number of carbonyl (C=O) groups is 2. The maximum Gasteiger partial charge on any atom is 0.269 e. The zero-order chi connectivity index (χ0) is 24.2. The van der Waals surface area contributed by atoms with Gasteiger partial charge in [0, 0.05) is 10.7 Å². The number of halogens is 3. The number of nitriles is 1. The van der Waals surface area contributed by atoms with Gasteiger partial charge in [-0.3, -0.25) is 14.5 Å². The number of amides is 2. The van der Waals surface area contributed by atoms with E-state index in [9.17, 15) is 19.2 Å². The number of thioether (sulfide) groups is 1. The van der Waals surface area contributed by atoms with Gasteiger partial charge in [0.1, 0.15) is 22.5 Å². The average Bonchev–Trinajstić information content (AvgIpc) is 3.14. The maximum atomic E-state index is 13.4. The van der Waals surface area contributed by atoms with E-state index in [0.29, 0.717) is 17.1 Å². The summed E-state index contributed by atoms with van der Waals surface area (Å²) in [5.74, 6) is -1.37. The van der Waals surface area contributed by atoms with Gasteiger partial charge in [-0.1, -0.05) is 65.3 Å². The first kappa shape index (κ1) is 23.8. The minimum absolute atomic E-state index is 0.210. The second kappa shape index (κ2) is 10.3. The number of para-hydroxylation sites is 1. The molecule has 4 rings (SSSR count). The monoisotopic (exact) mass is 511 g/mol. The highest BCUT2D eigenvalue weighted by Crippen LogP contribution is 2.42. The smallest absolute Gasteiger partial charge is 0.269 e. The normalized spacial score (nSPS) is 16.8. The van der Waals surface area contributed by atoms with Crippen LogP contribution in [-0.4, -0.2) is 17.1 Å². The molecule has 1 saturated heterocycles. The Hall–Kier alpha value is -3.31. The highest BCUT2D eigenvalue weighted by molar-refractivity contribution is 8.05. The number of rotatable bonds is 5. The number of hydrogen-bond acceptors (Lipinski definition) is 4. The first-order valence-corrected chi connectivity index (χ1v) is 11.7. The van der Waals surface area contributed by atoms with Crippen molar-refractivity contribution in [2.45, 2.75) is 11.7 Å². The topological polar surface area (TPSA) is 73.2 Å². The number of nitrogens with zero attached hydrogens (tertiary/aromatic N) is 2. The van der Waals surface area contributed by atoms with E-state index < -0.39 is 11.2 Å². The molecule has 0 aliphatic carbocycles. The fourth-order valence-electron chi connectivity index (χ4n) is 3.41. The maximum absolute atomic E-state index is 13.4. The molecule has 1 aliphatic rings. The second-order valence-electron chi connectivity index (χ2n) is 7.32.